The lowest BCUT2D eigenvalue weighted by Crippen LogP contribution is -2.49. The third-order valence-electron chi connectivity index (χ3n) is 2.72. The van der Waals surface area contributed by atoms with Crippen LogP contribution in [0.4, 0.5) is 0 Å². The van der Waals surface area contributed by atoms with Crippen LogP contribution in [0.5, 0.6) is 0 Å². The van der Waals surface area contributed by atoms with Crippen LogP contribution in [-0.2, 0) is 13.3 Å². The minimum atomic E-state index is -2.44. The van der Waals surface area contributed by atoms with E-state index < -0.39 is 14.5 Å². The summed E-state index contributed by atoms with van der Waals surface area (Å²) in [4.78, 5) is 0. The molecule has 0 radical (unpaired) electrons. The zero-order valence-electron chi connectivity index (χ0n) is 10.2. The van der Waals surface area contributed by atoms with Crippen LogP contribution in [0.2, 0.25) is 6.04 Å². The van der Waals surface area contributed by atoms with Crippen molar-refractivity contribution in [3.8, 4) is 0 Å². The molecule has 0 saturated heterocycles. The lowest BCUT2D eigenvalue weighted by atomic mass is 10.0. The van der Waals surface area contributed by atoms with Crippen molar-refractivity contribution in [2.75, 3.05) is 21.3 Å². The zero-order chi connectivity index (χ0) is 11.9. The first-order valence-electron chi connectivity index (χ1n) is 5.18. The van der Waals surface area contributed by atoms with Gasteiger partial charge in [0.15, 0.2) is 0 Å². The van der Waals surface area contributed by atoms with E-state index in [4.69, 9.17) is 24.7 Å². The van der Waals surface area contributed by atoms with Crippen molar-refractivity contribution in [3.63, 3.8) is 0 Å². The van der Waals surface area contributed by atoms with Gasteiger partial charge in [-0.3, -0.25) is 0 Å². The summed E-state index contributed by atoms with van der Waals surface area (Å²) in [7, 11) is 2.38. The molecule has 6 heteroatoms. The minimum absolute atomic E-state index is 0.588. The molecule has 0 spiro atoms. The van der Waals surface area contributed by atoms with Crippen LogP contribution < -0.4 is 11.5 Å². The highest BCUT2D eigenvalue weighted by Gasteiger charge is 2.37. The summed E-state index contributed by atoms with van der Waals surface area (Å²) in [6, 6.07) is 0.743. The van der Waals surface area contributed by atoms with Gasteiger partial charge in [0.2, 0.25) is 0 Å². The van der Waals surface area contributed by atoms with Gasteiger partial charge in [0.25, 0.3) is 0 Å². The topological polar surface area (TPSA) is 79.7 Å². The number of nitrogens with two attached hydrogens (primary N) is 2. The molecule has 92 valence electrons. The van der Waals surface area contributed by atoms with Crippen LogP contribution in [-0.4, -0.2) is 35.8 Å². The van der Waals surface area contributed by atoms with Crippen molar-refractivity contribution in [1.29, 1.82) is 0 Å². The fraction of sp³-hybridized carbons (Fsp3) is 1.00. The normalized spacial score (nSPS) is 13.2. The summed E-state index contributed by atoms with van der Waals surface area (Å²) in [5.74, 6) is 0. The summed E-state index contributed by atoms with van der Waals surface area (Å²) >= 11 is 0. The molecule has 4 N–H and O–H groups in total. The summed E-state index contributed by atoms with van der Waals surface area (Å²) in [6.07, 6.45) is 2.35. The van der Waals surface area contributed by atoms with Crippen LogP contribution in [0.1, 0.15) is 26.2 Å². The second-order valence-electron chi connectivity index (χ2n) is 3.74. The van der Waals surface area contributed by atoms with E-state index in [9.17, 15) is 0 Å². The third kappa shape index (κ3) is 5.05. The first-order chi connectivity index (χ1) is 6.95. The monoisotopic (exact) mass is 236 g/mol. The molecular formula is C9H24N2O3Si. The van der Waals surface area contributed by atoms with Crippen molar-refractivity contribution in [1.82, 2.24) is 0 Å². The van der Waals surface area contributed by atoms with Crippen molar-refractivity contribution in [2.24, 2.45) is 11.5 Å². The highest BCUT2D eigenvalue weighted by Crippen LogP contribution is 2.19. The second kappa shape index (κ2) is 6.57. The van der Waals surface area contributed by atoms with Gasteiger partial charge in [-0.2, -0.15) is 0 Å². The first kappa shape index (κ1) is 15.0. The summed E-state index contributed by atoms with van der Waals surface area (Å²) in [5, 5.41) is 0. The van der Waals surface area contributed by atoms with Crippen LogP contribution >= 0.6 is 0 Å². The zero-order valence-corrected chi connectivity index (χ0v) is 11.2. The highest BCUT2D eigenvalue weighted by molar-refractivity contribution is 6.60. The van der Waals surface area contributed by atoms with Crippen molar-refractivity contribution in [3.05, 3.63) is 0 Å². The van der Waals surface area contributed by atoms with Gasteiger partial charge in [0, 0.05) is 27.4 Å². The van der Waals surface area contributed by atoms with Gasteiger partial charge < -0.3 is 24.7 Å². The van der Waals surface area contributed by atoms with Crippen LogP contribution in [0.25, 0.3) is 0 Å². The Kier molecular flexibility index (Phi) is 6.57. The maximum atomic E-state index is 5.84. The Morgan fingerprint density at radius 3 is 1.87 bits per heavy atom. The Morgan fingerprint density at radius 1 is 1.07 bits per heavy atom. The van der Waals surface area contributed by atoms with Crippen molar-refractivity contribution in [2.45, 2.75) is 37.9 Å². The predicted molar refractivity (Wildman–Crippen MR) is 62.2 cm³/mol. The van der Waals surface area contributed by atoms with Gasteiger partial charge in [0.1, 0.15) is 0 Å². The van der Waals surface area contributed by atoms with Gasteiger partial charge in [-0.15, -0.1) is 0 Å². The molecule has 0 atom stereocenters. The Morgan fingerprint density at radius 2 is 1.53 bits per heavy atom. The lowest BCUT2D eigenvalue weighted by molar-refractivity contribution is 0.122. The molecule has 0 aliphatic carbocycles. The fourth-order valence-electron chi connectivity index (χ4n) is 1.37. The maximum Gasteiger partial charge on any atom is 0.500 e. The van der Waals surface area contributed by atoms with E-state index in [1.165, 1.54) is 0 Å². The Bertz CT molecular complexity index is 166. The average molecular weight is 236 g/mol. The minimum Gasteiger partial charge on any atom is -0.377 e. The molecule has 0 heterocycles. The van der Waals surface area contributed by atoms with Gasteiger partial charge in [-0.25, -0.2) is 0 Å². The van der Waals surface area contributed by atoms with Crippen LogP contribution in [0, 0.1) is 0 Å². The lowest BCUT2D eigenvalue weighted by Gasteiger charge is -2.27. The molecule has 0 rings (SSSR count). The van der Waals surface area contributed by atoms with E-state index in [0.717, 1.165) is 25.3 Å². The molecule has 0 aliphatic rings. The highest BCUT2D eigenvalue weighted by atomic mass is 28.4. The third-order valence-corrected chi connectivity index (χ3v) is 5.55. The maximum absolute atomic E-state index is 5.84. The summed E-state index contributed by atoms with van der Waals surface area (Å²) in [6.45, 7) is 1.98. The number of hydrogen-bond acceptors (Lipinski definition) is 5. The molecule has 0 aliphatic heterocycles. The Balaban J connectivity index is 4.02. The molecule has 0 aromatic carbocycles. The smallest absolute Gasteiger partial charge is 0.377 e. The van der Waals surface area contributed by atoms with E-state index in [1.807, 2.05) is 6.92 Å². The van der Waals surface area contributed by atoms with Gasteiger partial charge >= 0.3 is 8.80 Å². The van der Waals surface area contributed by atoms with E-state index in [-0.39, 0.29) is 0 Å². The molecule has 0 aromatic rings. The Hall–Kier alpha value is 0.0169. The van der Waals surface area contributed by atoms with E-state index in [1.54, 1.807) is 21.3 Å². The van der Waals surface area contributed by atoms with Crippen molar-refractivity contribution >= 4 is 8.80 Å². The van der Waals surface area contributed by atoms with Crippen LogP contribution in [0.15, 0.2) is 0 Å². The quantitative estimate of drug-likeness (QED) is 0.478. The van der Waals surface area contributed by atoms with Crippen molar-refractivity contribution < 1.29 is 13.3 Å². The first-order valence-corrected chi connectivity index (χ1v) is 7.11. The predicted octanol–water partition coefficient (Wildman–Crippen LogP) is 0.668. The van der Waals surface area contributed by atoms with E-state index in [0.29, 0.717) is 0 Å². The molecule has 0 bridgehead atoms. The van der Waals surface area contributed by atoms with Gasteiger partial charge in [0.05, 0.1) is 5.66 Å². The van der Waals surface area contributed by atoms with Crippen LogP contribution in [0.3, 0.4) is 0 Å². The van der Waals surface area contributed by atoms with E-state index in [2.05, 4.69) is 0 Å². The molecule has 0 fully saturated rings. The summed E-state index contributed by atoms with van der Waals surface area (Å²) < 4.78 is 15.9. The molecular weight excluding hydrogens is 212 g/mol. The Labute approximate surface area is 93.4 Å². The SMILES string of the molecule is CCC(N)(N)CCC[Si](OC)(OC)OC. The number of hydrogen-bond donors (Lipinski definition) is 2. The fourth-order valence-corrected chi connectivity index (χ4v) is 3.09. The van der Waals surface area contributed by atoms with Gasteiger partial charge in [-0.05, 0) is 19.3 Å². The molecule has 5 nitrogen and oxygen atoms in total. The largest absolute Gasteiger partial charge is 0.500 e. The molecule has 0 amide bonds. The molecule has 0 unspecified atom stereocenters. The second-order valence-corrected chi connectivity index (χ2v) is 6.83. The van der Waals surface area contributed by atoms with Gasteiger partial charge in [-0.1, -0.05) is 6.92 Å². The van der Waals surface area contributed by atoms with E-state index >= 15 is 0 Å². The molecule has 0 saturated carbocycles. The molecule has 15 heavy (non-hydrogen) atoms. The summed E-state index contributed by atoms with van der Waals surface area (Å²) in [5.41, 5.74) is 11.1. The number of rotatable bonds is 8. The standard InChI is InChI=1S/C9H24N2O3Si/c1-5-9(10,11)7-6-8-15(12-2,13-3)14-4/h5-8,10-11H2,1-4H3. The average Bonchev–Trinajstić information content (AvgIpc) is 2.25. The molecule has 0 aromatic heterocycles.